The second-order valence-electron chi connectivity index (χ2n) is 5.72. The molecule has 0 aromatic heterocycles. The summed E-state index contributed by atoms with van der Waals surface area (Å²) in [4.78, 5) is 0. The fraction of sp³-hybridized carbons (Fsp3) is 0.500. The summed E-state index contributed by atoms with van der Waals surface area (Å²) in [6.45, 7) is 5.10. The van der Waals surface area contributed by atoms with E-state index in [1.807, 2.05) is 32.0 Å². The van der Waals surface area contributed by atoms with Crippen molar-refractivity contribution < 1.29 is 9.84 Å². The molecule has 2 aliphatic rings. The maximum Gasteiger partial charge on any atom is 0.114 e. The zero-order valence-electron chi connectivity index (χ0n) is 10.5. The van der Waals surface area contributed by atoms with Crippen LogP contribution < -0.4 is 5.32 Å². The van der Waals surface area contributed by atoms with Crippen molar-refractivity contribution in [1.82, 2.24) is 5.32 Å². The first-order chi connectivity index (χ1) is 8.49. The predicted molar refractivity (Wildman–Crippen MR) is 65.8 cm³/mol. The normalized spacial score (nSPS) is 27.1. The first kappa shape index (κ1) is 11.7. The van der Waals surface area contributed by atoms with Gasteiger partial charge in [0.25, 0.3) is 0 Å². The summed E-state index contributed by atoms with van der Waals surface area (Å²) < 4.78 is 5.31. The Morgan fingerprint density at radius 1 is 1.39 bits per heavy atom. The Morgan fingerprint density at radius 3 is 2.67 bits per heavy atom. The molecule has 18 heavy (non-hydrogen) atoms. The molecule has 3 rings (SSSR count). The second-order valence-corrected chi connectivity index (χ2v) is 5.72. The van der Waals surface area contributed by atoms with E-state index < -0.39 is 11.6 Å². The Morgan fingerprint density at radius 2 is 2.11 bits per heavy atom. The van der Waals surface area contributed by atoms with Gasteiger partial charge in [0.1, 0.15) is 6.23 Å². The molecule has 0 aliphatic carbocycles. The van der Waals surface area contributed by atoms with E-state index >= 15 is 0 Å². The van der Waals surface area contributed by atoms with Gasteiger partial charge in [-0.1, -0.05) is 19.9 Å². The van der Waals surface area contributed by atoms with E-state index in [9.17, 15) is 5.11 Å². The zero-order valence-corrected chi connectivity index (χ0v) is 10.5. The summed E-state index contributed by atoms with van der Waals surface area (Å²) >= 11 is 0. The average Bonchev–Trinajstić information content (AvgIpc) is 2.31. The van der Waals surface area contributed by atoms with Crippen LogP contribution in [0.25, 0.3) is 0 Å². The van der Waals surface area contributed by atoms with Gasteiger partial charge in [0, 0.05) is 5.41 Å². The Bertz CT molecular complexity index is 541. The predicted octanol–water partition coefficient (Wildman–Crippen LogP) is 0.983. The summed E-state index contributed by atoms with van der Waals surface area (Å²) in [6, 6.07) is 7.86. The summed E-state index contributed by atoms with van der Waals surface area (Å²) in [7, 11) is 0. The molecule has 1 fully saturated rings. The Kier molecular flexibility index (Phi) is 2.30. The van der Waals surface area contributed by atoms with Gasteiger partial charge >= 0.3 is 0 Å². The van der Waals surface area contributed by atoms with E-state index in [4.69, 9.17) is 10.00 Å². The first-order valence-electron chi connectivity index (χ1n) is 6.08. The molecular formula is C14H16N2O2. The highest BCUT2D eigenvalue weighted by Gasteiger charge is 2.51. The quantitative estimate of drug-likeness (QED) is 0.714. The van der Waals surface area contributed by atoms with Crippen molar-refractivity contribution in [2.45, 2.75) is 31.0 Å². The van der Waals surface area contributed by atoms with Crippen LogP contribution >= 0.6 is 0 Å². The Labute approximate surface area is 106 Å². The highest BCUT2D eigenvalue weighted by atomic mass is 16.5. The van der Waals surface area contributed by atoms with Gasteiger partial charge in [-0.05, 0) is 23.3 Å². The topological polar surface area (TPSA) is 65.3 Å². The number of rotatable bonds is 0. The molecule has 0 bridgehead atoms. The molecule has 1 unspecified atom stereocenters. The fourth-order valence-corrected chi connectivity index (χ4v) is 2.78. The molecular weight excluding hydrogens is 228 g/mol. The third-order valence-corrected chi connectivity index (χ3v) is 4.15. The molecule has 0 radical (unpaired) electrons. The lowest BCUT2D eigenvalue weighted by Crippen LogP contribution is -2.67. The monoisotopic (exact) mass is 244 g/mol. The molecule has 1 saturated heterocycles. The van der Waals surface area contributed by atoms with E-state index in [0.717, 1.165) is 11.1 Å². The maximum atomic E-state index is 10.3. The van der Waals surface area contributed by atoms with Gasteiger partial charge in [0.05, 0.1) is 30.4 Å². The molecule has 2 N–H and O–H groups in total. The minimum atomic E-state index is -0.636. The Balaban J connectivity index is 2.21. The van der Waals surface area contributed by atoms with Gasteiger partial charge in [-0.15, -0.1) is 0 Å². The molecule has 2 aliphatic heterocycles. The van der Waals surface area contributed by atoms with Gasteiger partial charge in [-0.3, -0.25) is 5.32 Å². The number of hydrogen-bond acceptors (Lipinski definition) is 4. The number of ether oxygens (including phenoxy) is 1. The van der Waals surface area contributed by atoms with Gasteiger partial charge in [0.15, 0.2) is 0 Å². The summed E-state index contributed by atoms with van der Waals surface area (Å²) in [5.74, 6) is 0. The fourth-order valence-electron chi connectivity index (χ4n) is 2.78. The molecule has 1 atom stereocenters. The van der Waals surface area contributed by atoms with Crippen LogP contribution in [0.5, 0.6) is 0 Å². The number of nitrogens with zero attached hydrogens (tertiary/aromatic N) is 1. The van der Waals surface area contributed by atoms with Crippen LogP contribution in [-0.4, -0.2) is 24.5 Å². The highest BCUT2D eigenvalue weighted by molar-refractivity contribution is 5.48. The smallest absolute Gasteiger partial charge is 0.114 e. The number of aliphatic hydroxyl groups excluding tert-OH is 1. The SMILES string of the molecule is CC1(C)c2cc(C#N)ccc2C2(COC2)NC1O. The molecule has 1 aromatic carbocycles. The van der Waals surface area contributed by atoms with E-state index in [1.54, 1.807) is 0 Å². The average molecular weight is 244 g/mol. The van der Waals surface area contributed by atoms with E-state index in [-0.39, 0.29) is 5.54 Å². The summed E-state index contributed by atoms with van der Waals surface area (Å²) in [6.07, 6.45) is -0.636. The van der Waals surface area contributed by atoms with Crippen molar-refractivity contribution in [3.63, 3.8) is 0 Å². The number of nitrogens with one attached hydrogen (secondary N) is 1. The molecule has 94 valence electrons. The van der Waals surface area contributed by atoms with Crippen molar-refractivity contribution >= 4 is 0 Å². The highest BCUT2D eigenvalue weighted by Crippen LogP contribution is 2.43. The maximum absolute atomic E-state index is 10.3. The molecule has 0 saturated carbocycles. The Hall–Kier alpha value is -1.41. The lowest BCUT2D eigenvalue weighted by molar-refractivity contribution is -0.121. The first-order valence-corrected chi connectivity index (χ1v) is 6.08. The van der Waals surface area contributed by atoms with Crippen molar-refractivity contribution in [2.24, 2.45) is 0 Å². The number of benzene rings is 1. The largest absolute Gasteiger partial charge is 0.378 e. The minimum Gasteiger partial charge on any atom is -0.378 e. The third-order valence-electron chi connectivity index (χ3n) is 4.15. The van der Waals surface area contributed by atoms with Crippen LogP contribution in [0.1, 0.15) is 30.5 Å². The van der Waals surface area contributed by atoms with Crippen LogP contribution in [0.4, 0.5) is 0 Å². The van der Waals surface area contributed by atoms with Crippen molar-refractivity contribution in [3.05, 3.63) is 34.9 Å². The molecule has 0 amide bonds. The van der Waals surface area contributed by atoms with Crippen molar-refractivity contribution in [2.75, 3.05) is 13.2 Å². The van der Waals surface area contributed by atoms with Crippen LogP contribution in [0.2, 0.25) is 0 Å². The molecule has 2 heterocycles. The van der Waals surface area contributed by atoms with Gasteiger partial charge in [-0.2, -0.15) is 5.26 Å². The minimum absolute atomic E-state index is 0.280. The van der Waals surface area contributed by atoms with E-state index in [0.29, 0.717) is 18.8 Å². The van der Waals surface area contributed by atoms with Crippen LogP contribution in [-0.2, 0) is 15.7 Å². The summed E-state index contributed by atoms with van der Waals surface area (Å²) in [5, 5.41) is 22.6. The molecule has 1 spiro atoms. The zero-order chi connectivity index (χ0) is 13.0. The van der Waals surface area contributed by atoms with Gasteiger partial charge in [0.2, 0.25) is 0 Å². The standard InChI is InChI=1S/C14H16N2O2/c1-13(2)11-5-9(6-15)3-4-10(11)14(7-18-8-14)16-12(13)17/h3-5,12,16-17H,7-8H2,1-2H3. The van der Waals surface area contributed by atoms with Gasteiger partial charge < -0.3 is 9.84 Å². The second kappa shape index (κ2) is 3.55. The lowest BCUT2D eigenvalue weighted by Gasteiger charge is -2.53. The summed E-state index contributed by atoms with van der Waals surface area (Å²) in [5.41, 5.74) is 2.12. The van der Waals surface area contributed by atoms with Crippen LogP contribution in [0, 0.1) is 11.3 Å². The molecule has 1 aromatic rings. The lowest BCUT2D eigenvalue weighted by atomic mass is 9.69. The number of aliphatic hydroxyl groups is 1. The van der Waals surface area contributed by atoms with Crippen LogP contribution in [0.15, 0.2) is 18.2 Å². The van der Waals surface area contributed by atoms with Crippen LogP contribution in [0.3, 0.4) is 0 Å². The number of fused-ring (bicyclic) bond motifs is 2. The number of nitriles is 1. The van der Waals surface area contributed by atoms with E-state index in [1.165, 1.54) is 0 Å². The molecule has 4 heteroatoms. The molecule has 4 nitrogen and oxygen atoms in total. The van der Waals surface area contributed by atoms with Crippen molar-refractivity contribution in [3.8, 4) is 6.07 Å². The third kappa shape index (κ3) is 1.36. The van der Waals surface area contributed by atoms with Gasteiger partial charge in [-0.25, -0.2) is 0 Å². The number of hydrogen-bond donors (Lipinski definition) is 2. The van der Waals surface area contributed by atoms with Crippen molar-refractivity contribution in [1.29, 1.82) is 5.26 Å². The van der Waals surface area contributed by atoms with E-state index in [2.05, 4.69) is 11.4 Å².